The molecule has 1 heterocycles. The smallest absolute Gasteiger partial charge is 0.297 e. The van der Waals surface area contributed by atoms with Gasteiger partial charge in [0.2, 0.25) is 0 Å². The Morgan fingerprint density at radius 2 is 2.07 bits per heavy atom. The lowest BCUT2D eigenvalue weighted by molar-refractivity contribution is -0.112. The van der Waals surface area contributed by atoms with Crippen LogP contribution < -0.4 is 5.32 Å². The molecule has 1 amide bonds. The Balaban J connectivity index is 2.80. The van der Waals surface area contributed by atoms with Crippen LogP contribution in [0, 0.1) is 5.82 Å². The lowest BCUT2D eigenvalue weighted by Gasteiger charge is -2.02. The second-order valence-corrected chi connectivity index (χ2v) is 3.92. The summed E-state index contributed by atoms with van der Waals surface area (Å²) < 4.78 is 13.5. The number of benzene rings is 1. The molecule has 1 aliphatic heterocycles. The van der Waals surface area contributed by atoms with Crippen molar-refractivity contribution in [2.24, 2.45) is 0 Å². The van der Waals surface area contributed by atoms with Crippen LogP contribution in [0.25, 0.3) is 0 Å². The molecule has 2 rings (SSSR count). The fourth-order valence-electron chi connectivity index (χ4n) is 1.21. The summed E-state index contributed by atoms with van der Waals surface area (Å²) in [7, 11) is 0. The van der Waals surface area contributed by atoms with Crippen molar-refractivity contribution < 1.29 is 14.0 Å². The van der Waals surface area contributed by atoms with Gasteiger partial charge in [-0.25, -0.2) is 4.39 Å². The van der Waals surface area contributed by atoms with Gasteiger partial charge in [-0.3, -0.25) is 9.59 Å². The molecule has 0 aromatic heterocycles. The molecule has 14 heavy (non-hydrogen) atoms. The molecule has 6 heteroatoms. The van der Waals surface area contributed by atoms with Crippen LogP contribution >= 0.6 is 27.5 Å². The van der Waals surface area contributed by atoms with Crippen LogP contribution in [0.1, 0.15) is 10.4 Å². The summed E-state index contributed by atoms with van der Waals surface area (Å²) in [5, 5.41) is 2.16. The topological polar surface area (TPSA) is 46.2 Å². The van der Waals surface area contributed by atoms with Crippen molar-refractivity contribution in [3.05, 3.63) is 26.9 Å². The zero-order chi connectivity index (χ0) is 10.5. The molecule has 1 aliphatic rings. The highest BCUT2D eigenvalue weighted by atomic mass is 79.9. The summed E-state index contributed by atoms with van der Waals surface area (Å²) in [6, 6.07) is 1.10. The van der Waals surface area contributed by atoms with E-state index in [1.54, 1.807) is 0 Å². The van der Waals surface area contributed by atoms with Crippen molar-refractivity contribution in [3.8, 4) is 0 Å². The van der Waals surface area contributed by atoms with Gasteiger partial charge in [0.05, 0.1) is 16.3 Å². The highest BCUT2D eigenvalue weighted by Gasteiger charge is 2.33. The van der Waals surface area contributed by atoms with Crippen molar-refractivity contribution >= 4 is 44.9 Å². The van der Waals surface area contributed by atoms with E-state index in [1.807, 2.05) is 0 Å². The van der Waals surface area contributed by atoms with Gasteiger partial charge in [-0.05, 0) is 22.0 Å². The fourth-order valence-corrected chi connectivity index (χ4v) is 1.85. The molecule has 0 fully saturated rings. The van der Waals surface area contributed by atoms with Crippen LogP contribution in [0.15, 0.2) is 10.5 Å². The number of Topliss-reactive ketones (excluding diaryl/α,β-unsaturated/α-hetero) is 1. The molecule has 0 radical (unpaired) electrons. The third-order valence-electron chi connectivity index (χ3n) is 1.84. The van der Waals surface area contributed by atoms with Gasteiger partial charge in [-0.2, -0.15) is 0 Å². The number of carbonyl (C=O) groups is 2. The number of rotatable bonds is 0. The van der Waals surface area contributed by atoms with Crippen molar-refractivity contribution in [1.29, 1.82) is 0 Å². The van der Waals surface area contributed by atoms with Gasteiger partial charge in [-0.15, -0.1) is 0 Å². The number of halogens is 3. The lowest BCUT2D eigenvalue weighted by Crippen LogP contribution is -2.12. The van der Waals surface area contributed by atoms with Crippen LogP contribution in [-0.4, -0.2) is 11.7 Å². The Labute approximate surface area is 91.4 Å². The van der Waals surface area contributed by atoms with E-state index in [2.05, 4.69) is 21.2 Å². The van der Waals surface area contributed by atoms with Gasteiger partial charge in [0, 0.05) is 4.47 Å². The minimum Gasteiger partial charge on any atom is -0.316 e. The van der Waals surface area contributed by atoms with Gasteiger partial charge < -0.3 is 5.32 Å². The van der Waals surface area contributed by atoms with E-state index in [4.69, 9.17) is 11.6 Å². The Kier molecular flexibility index (Phi) is 2.08. The highest BCUT2D eigenvalue weighted by Crippen LogP contribution is 2.37. The predicted molar refractivity (Wildman–Crippen MR) is 52.1 cm³/mol. The number of hydrogen-bond donors (Lipinski definition) is 1. The third-order valence-corrected chi connectivity index (χ3v) is 3.09. The number of amides is 1. The number of carbonyl (C=O) groups excluding carboxylic acids is 2. The highest BCUT2D eigenvalue weighted by molar-refractivity contribution is 9.10. The van der Waals surface area contributed by atoms with Crippen molar-refractivity contribution in [2.45, 2.75) is 0 Å². The summed E-state index contributed by atoms with van der Waals surface area (Å²) in [4.78, 5) is 22.2. The van der Waals surface area contributed by atoms with E-state index < -0.39 is 17.5 Å². The maximum absolute atomic E-state index is 13.2. The molecule has 0 unspecified atom stereocenters. The Morgan fingerprint density at radius 3 is 2.71 bits per heavy atom. The molecule has 0 saturated carbocycles. The predicted octanol–water partition coefficient (Wildman–Crippen LogP) is 2.38. The molecule has 0 aliphatic carbocycles. The maximum Gasteiger partial charge on any atom is 0.297 e. The number of ketones is 1. The van der Waals surface area contributed by atoms with Gasteiger partial charge >= 0.3 is 0 Å². The van der Waals surface area contributed by atoms with Gasteiger partial charge in [0.25, 0.3) is 11.7 Å². The van der Waals surface area contributed by atoms with Crippen LogP contribution in [-0.2, 0) is 4.79 Å². The van der Waals surface area contributed by atoms with Gasteiger partial charge in [-0.1, -0.05) is 11.6 Å². The minimum atomic E-state index is -0.862. The molecule has 0 atom stereocenters. The van der Waals surface area contributed by atoms with Gasteiger partial charge in [0.1, 0.15) is 5.82 Å². The number of nitrogens with one attached hydrogen (secondary N) is 1. The summed E-state index contributed by atoms with van der Waals surface area (Å²) in [5.41, 5.74) is -0.253. The lowest BCUT2D eigenvalue weighted by atomic mass is 10.1. The quantitative estimate of drug-likeness (QED) is 0.585. The van der Waals surface area contributed by atoms with E-state index in [-0.39, 0.29) is 20.7 Å². The van der Waals surface area contributed by atoms with Crippen LogP contribution in [0.3, 0.4) is 0 Å². The first-order chi connectivity index (χ1) is 6.52. The normalized spacial score (nSPS) is 14.2. The first-order valence-corrected chi connectivity index (χ1v) is 4.72. The van der Waals surface area contributed by atoms with E-state index >= 15 is 0 Å². The largest absolute Gasteiger partial charge is 0.316 e. The third kappa shape index (κ3) is 1.16. The molecule has 1 N–H and O–H groups in total. The van der Waals surface area contributed by atoms with Crippen molar-refractivity contribution in [1.82, 2.24) is 0 Å². The average Bonchev–Trinajstić information content (AvgIpc) is 2.41. The number of anilines is 1. The van der Waals surface area contributed by atoms with Crippen LogP contribution in [0.4, 0.5) is 10.1 Å². The average molecular weight is 278 g/mol. The molecule has 0 bridgehead atoms. The van der Waals surface area contributed by atoms with Crippen molar-refractivity contribution in [3.63, 3.8) is 0 Å². The minimum absolute atomic E-state index is 0.0461. The van der Waals surface area contributed by atoms with Crippen LogP contribution in [0.5, 0.6) is 0 Å². The molecule has 1 aromatic carbocycles. The van der Waals surface area contributed by atoms with Crippen LogP contribution in [0.2, 0.25) is 5.02 Å². The van der Waals surface area contributed by atoms with E-state index in [0.717, 1.165) is 6.07 Å². The SMILES string of the molecule is O=C1Nc2c(F)cc(Br)c(Cl)c2C1=O. The van der Waals surface area contributed by atoms with E-state index in [9.17, 15) is 14.0 Å². The molecule has 72 valence electrons. The molecule has 1 aromatic rings. The molecular weight excluding hydrogens is 276 g/mol. The standard InChI is InChI=1S/C8H2BrClFNO2/c9-2-1-3(11)6-4(5(2)10)7(13)8(14)12-6/h1H,(H,12,13,14). The zero-order valence-corrected chi connectivity index (χ0v) is 8.87. The molecular formula is C8H2BrClFNO2. The fraction of sp³-hybridized carbons (Fsp3) is 0. The number of hydrogen-bond acceptors (Lipinski definition) is 2. The molecule has 0 saturated heterocycles. The Morgan fingerprint density at radius 1 is 1.43 bits per heavy atom. The van der Waals surface area contributed by atoms with E-state index in [0.29, 0.717) is 0 Å². The summed E-state index contributed by atoms with van der Waals surface area (Å²) in [5.74, 6) is -2.36. The summed E-state index contributed by atoms with van der Waals surface area (Å²) in [6.07, 6.45) is 0. The first-order valence-electron chi connectivity index (χ1n) is 3.55. The van der Waals surface area contributed by atoms with Gasteiger partial charge in [0.15, 0.2) is 0 Å². The molecule has 3 nitrogen and oxygen atoms in total. The maximum atomic E-state index is 13.2. The second kappa shape index (κ2) is 3.03. The Bertz CT molecular complexity index is 475. The van der Waals surface area contributed by atoms with Crippen molar-refractivity contribution in [2.75, 3.05) is 5.32 Å². The number of fused-ring (bicyclic) bond motifs is 1. The zero-order valence-electron chi connectivity index (χ0n) is 6.53. The first kappa shape index (κ1) is 9.61. The summed E-state index contributed by atoms with van der Waals surface area (Å²) >= 11 is 8.73. The monoisotopic (exact) mass is 277 g/mol. The molecule has 0 spiro atoms. The second-order valence-electron chi connectivity index (χ2n) is 2.69. The van der Waals surface area contributed by atoms with E-state index in [1.165, 1.54) is 0 Å². The summed E-state index contributed by atoms with van der Waals surface area (Å²) in [6.45, 7) is 0. The Hall–Kier alpha value is -0.940.